The van der Waals surface area contributed by atoms with Crippen LogP contribution < -0.4 is 5.32 Å². The zero-order chi connectivity index (χ0) is 20.1. The van der Waals surface area contributed by atoms with Crippen molar-refractivity contribution in [3.05, 3.63) is 65.1 Å². The van der Waals surface area contributed by atoms with E-state index < -0.39 is 0 Å². The largest absolute Gasteiger partial charge is 0.339 e. The van der Waals surface area contributed by atoms with Gasteiger partial charge < -0.3 is 9.84 Å². The molecule has 0 saturated carbocycles. The third kappa shape index (κ3) is 4.81. The van der Waals surface area contributed by atoms with E-state index in [0.29, 0.717) is 35.2 Å². The molecule has 28 heavy (non-hydrogen) atoms. The van der Waals surface area contributed by atoms with E-state index in [0.717, 1.165) is 18.7 Å². The summed E-state index contributed by atoms with van der Waals surface area (Å²) in [5.41, 5.74) is 3.52. The van der Waals surface area contributed by atoms with Gasteiger partial charge >= 0.3 is 0 Å². The Bertz CT molecular complexity index is 922. The predicted octanol–water partition coefficient (Wildman–Crippen LogP) is 4.81. The number of halogens is 1. The lowest BCUT2D eigenvalue weighted by Gasteiger charge is -2.23. The molecule has 1 unspecified atom stereocenters. The molecule has 5 nitrogen and oxygen atoms in total. The SMILES string of the molecule is Cc1ccc(-c2noc(CCCNC(c3ncccc3C)C(C)C)n2)cc1F. The van der Waals surface area contributed by atoms with Gasteiger partial charge in [0.05, 0.1) is 11.7 Å². The second kappa shape index (κ2) is 9.06. The fourth-order valence-corrected chi connectivity index (χ4v) is 3.17. The summed E-state index contributed by atoms with van der Waals surface area (Å²) < 4.78 is 19.1. The Morgan fingerprint density at radius 2 is 1.96 bits per heavy atom. The van der Waals surface area contributed by atoms with E-state index >= 15 is 0 Å². The van der Waals surface area contributed by atoms with Gasteiger partial charge in [-0.15, -0.1) is 0 Å². The molecule has 0 spiro atoms. The van der Waals surface area contributed by atoms with Crippen LogP contribution in [0.5, 0.6) is 0 Å². The number of aromatic nitrogens is 3. The van der Waals surface area contributed by atoms with E-state index in [9.17, 15) is 4.39 Å². The van der Waals surface area contributed by atoms with Crippen molar-refractivity contribution in [2.75, 3.05) is 6.54 Å². The molecular weight excluding hydrogens is 355 g/mol. The quantitative estimate of drug-likeness (QED) is 0.567. The molecule has 1 aromatic carbocycles. The predicted molar refractivity (Wildman–Crippen MR) is 107 cm³/mol. The van der Waals surface area contributed by atoms with E-state index in [4.69, 9.17) is 4.52 Å². The average molecular weight is 382 g/mol. The van der Waals surface area contributed by atoms with Crippen molar-refractivity contribution in [3.63, 3.8) is 0 Å². The monoisotopic (exact) mass is 382 g/mol. The van der Waals surface area contributed by atoms with Gasteiger partial charge in [-0.25, -0.2) is 4.39 Å². The molecule has 0 aliphatic heterocycles. The molecule has 0 radical (unpaired) electrons. The molecule has 0 bridgehead atoms. The number of hydrogen-bond acceptors (Lipinski definition) is 5. The molecule has 0 aliphatic rings. The Balaban J connectivity index is 1.56. The van der Waals surface area contributed by atoms with E-state index in [1.165, 1.54) is 11.6 Å². The first-order valence-electron chi connectivity index (χ1n) is 9.69. The van der Waals surface area contributed by atoms with Gasteiger partial charge in [-0.1, -0.05) is 37.2 Å². The number of nitrogens with one attached hydrogen (secondary N) is 1. The summed E-state index contributed by atoms with van der Waals surface area (Å²) in [6.07, 6.45) is 3.37. The smallest absolute Gasteiger partial charge is 0.227 e. The minimum atomic E-state index is -0.266. The van der Waals surface area contributed by atoms with Crippen LogP contribution in [0.25, 0.3) is 11.4 Å². The summed E-state index contributed by atoms with van der Waals surface area (Å²) in [6.45, 7) is 9.02. The van der Waals surface area contributed by atoms with Crippen LogP contribution in [0.4, 0.5) is 4.39 Å². The number of benzene rings is 1. The van der Waals surface area contributed by atoms with Crippen molar-refractivity contribution in [1.82, 2.24) is 20.4 Å². The Kier molecular flexibility index (Phi) is 6.52. The summed E-state index contributed by atoms with van der Waals surface area (Å²) in [7, 11) is 0. The second-order valence-electron chi connectivity index (χ2n) is 7.46. The molecule has 2 heterocycles. The van der Waals surface area contributed by atoms with Gasteiger partial charge in [0, 0.05) is 18.2 Å². The third-order valence-corrected chi connectivity index (χ3v) is 4.84. The van der Waals surface area contributed by atoms with Gasteiger partial charge in [0.15, 0.2) is 0 Å². The highest BCUT2D eigenvalue weighted by molar-refractivity contribution is 5.54. The molecule has 0 amide bonds. The van der Waals surface area contributed by atoms with Crippen molar-refractivity contribution in [2.24, 2.45) is 5.92 Å². The van der Waals surface area contributed by atoms with Crippen molar-refractivity contribution in [2.45, 2.75) is 46.6 Å². The molecular formula is C22H27FN4O. The number of pyridine rings is 1. The first-order chi connectivity index (χ1) is 13.5. The standard InChI is InChI=1S/C22H27FN4O/c1-14(2)20(21-16(4)7-5-11-25-21)24-12-6-8-19-26-22(27-28-19)17-10-9-15(3)18(23)13-17/h5,7,9-11,13-14,20,24H,6,8,12H2,1-4H3. The van der Waals surface area contributed by atoms with Gasteiger partial charge in [0.2, 0.25) is 11.7 Å². The van der Waals surface area contributed by atoms with Gasteiger partial charge in [-0.3, -0.25) is 4.98 Å². The van der Waals surface area contributed by atoms with Crippen LogP contribution in [-0.4, -0.2) is 21.7 Å². The normalized spacial score (nSPS) is 12.5. The molecule has 1 atom stereocenters. The van der Waals surface area contributed by atoms with E-state index in [1.54, 1.807) is 19.1 Å². The highest BCUT2D eigenvalue weighted by Gasteiger charge is 2.18. The lowest BCUT2D eigenvalue weighted by Crippen LogP contribution is -2.28. The average Bonchev–Trinajstić information content (AvgIpc) is 3.13. The van der Waals surface area contributed by atoms with Gasteiger partial charge in [-0.2, -0.15) is 4.98 Å². The Morgan fingerprint density at radius 3 is 2.68 bits per heavy atom. The molecule has 2 aromatic heterocycles. The van der Waals surface area contributed by atoms with Crippen LogP contribution in [0.15, 0.2) is 41.1 Å². The zero-order valence-corrected chi connectivity index (χ0v) is 16.9. The fourth-order valence-electron chi connectivity index (χ4n) is 3.17. The number of aryl methyl sites for hydroxylation is 3. The van der Waals surface area contributed by atoms with Crippen LogP contribution in [-0.2, 0) is 6.42 Å². The summed E-state index contributed by atoms with van der Waals surface area (Å²) in [5.74, 6) is 1.15. The molecule has 3 aromatic rings. The molecule has 6 heteroatoms. The Morgan fingerprint density at radius 1 is 1.14 bits per heavy atom. The van der Waals surface area contributed by atoms with Crippen LogP contribution in [0, 0.1) is 25.6 Å². The third-order valence-electron chi connectivity index (χ3n) is 4.84. The van der Waals surface area contributed by atoms with Crippen molar-refractivity contribution >= 4 is 0 Å². The Labute approximate surface area is 165 Å². The second-order valence-corrected chi connectivity index (χ2v) is 7.46. The lowest BCUT2D eigenvalue weighted by atomic mass is 9.97. The molecule has 148 valence electrons. The zero-order valence-electron chi connectivity index (χ0n) is 16.9. The van der Waals surface area contributed by atoms with Crippen molar-refractivity contribution < 1.29 is 8.91 Å². The van der Waals surface area contributed by atoms with Crippen LogP contribution in [0.3, 0.4) is 0 Å². The van der Waals surface area contributed by atoms with Crippen LogP contribution in [0.2, 0.25) is 0 Å². The maximum Gasteiger partial charge on any atom is 0.227 e. The minimum absolute atomic E-state index is 0.204. The topological polar surface area (TPSA) is 63.8 Å². The highest BCUT2D eigenvalue weighted by atomic mass is 19.1. The summed E-state index contributed by atoms with van der Waals surface area (Å²) in [5, 5.41) is 7.57. The maximum absolute atomic E-state index is 13.7. The molecule has 0 fully saturated rings. The van der Waals surface area contributed by atoms with Crippen LogP contribution >= 0.6 is 0 Å². The van der Waals surface area contributed by atoms with Gasteiger partial charge in [-0.05, 0) is 56.0 Å². The lowest BCUT2D eigenvalue weighted by molar-refractivity contribution is 0.364. The number of nitrogens with zero attached hydrogens (tertiary/aromatic N) is 3. The van der Waals surface area contributed by atoms with Crippen molar-refractivity contribution in [1.29, 1.82) is 0 Å². The van der Waals surface area contributed by atoms with E-state index in [1.807, 2.05) is 12.3 Å². The van der Waals surface area contributed by atoms with E-state index in [2.05, 4.69) is 47.3 Å². The van der Waals surface area contributed by atoms with E-state index in [-0.39, 0.29) is 11.9 Å². The number of hydrogen-bond donors (Lipinski definition) is 1. The molecule has 3 rings (SSSR count). The number of rotatable bonds is 8. The van der Waals surface area contributed by atoms with Gasteiger partial charge in [0.1, 0.15) is 5.82 Å². The molecule has 0 aliphatic carbocycles. The fraction of sp³-hybridized carbons (Fsp3) is 0.409. The molecule has 1 N–H and O–H groups in total. The summed E-state index contributed by atoms with van der Waals surface area (Å²) in [6, 6.07) is 9.22. The molecule has 0 saturated heterocycles. The first kappa shape index (κ1) is 20.1. The maximum atomic E-state index is 13.7. The van der Waals surface area contributed by atoms with Crippen LogP contribution in [0.1, 0.15) is 49.0 Å². The highest BCUT2D eigenvalue weighted by Crippen LogP contribution is 2.23. The Hall–Kier alpha value is -2.60. The summed E-state index contributed by atoms with van der Waals surface area (Å²) in [4.78, 5) is 8.94. The van der Waals surface area contributed by atoms with Crippen molar-refractivity contribution in [3.8, 4) is 11.4 Å². The minimum Gasteiger partial charge on any atom is -0.339 e. The summed E-state index contributed by atoms with van der Waals surface area (Å²) >= 11 is 0. The first-order valence-corrected chi connectivity index (χ1v) is 9.69. The van der Waals surface area contributed by atoms with Gasteiger partial charge in [0.25, 0.3) is 0 Å².